The Morgan fingerprint density at radius 1 is 1.50 bits per heavy atom. The summed E-state index contributed by atoms with van der Waals surface area (Å²) in [5, 5.41) is 2.64. The van der Waals surface area contributed by atoms with E-state index >= 15 is 0 Å². The molecule has 1 rings (SSSR count). The first-order valence-electron chi connectivity index (χ1n) is 3.53. The summed E-state index contributed by atoms with van der Waals surface area (Å²) in [6.07, 6.45) is 1.22. The zero-order valence-corrected chi connectivity index (χ0v) is 7.56. The lowest BCUT2D eigenvalue weighted by atomic mass is 10.4. The van der Waals surface area contributed by atoms with Crippen LogP contribution in [0, 0.1) is 5.82 Å². The highest BCUT2D eigenvalue weighted by molar-refractivity contribution is 6.29. The molecule has 66 valence electrons. The van der Waals surface area contributed by atoms with Gasteiger partial charge in [0.15, 0.2) is 11.0 Å². The van der Waals surface area contributed by atoms with E-state index in [1.165, 1.54) is 6.33 Å². The molecule has 0 unspecified atom stereocenters. The minimum absolute atomic E-state index is 0.116. The molecular formula is C7H9ClFN3. The Morgan fingerprint density at radius 2 is 2.17 bits per heavy atom. The quantitative estimate of drug-likeness (QED) is 0.724. The molecule has 0 fully saturated rings. The van der Waals surface area contributed by atoms with Crippen molar-refractivity contribution in [2.75, 3.05) is 5.32 Å². The molecule has 0 atom stereocenters. The van der Waals surface area contributed by atoms with E-state index in [-0.39, 0.29) is 17.0 Å². The van der Waals surface area contributed by atoms with Crippen LogP contribution in [0.25, 0.3) is 0 Å². The van der Waals surface area contributed by atoms with E-state index in [4.69, 9.17) is 11.6 Å². The minimum atomic E-state index is -0.604. The number of nitrogens with one attached hydrogen (secondary N) is 1. The van der Waals surface area contributed by atoms with Gasteiger partial charge in [0.1, 0.15) is 6.33 Å². The van der Waals surface area contributed by atoms with Gasteiger partial charge in [-0.25, -0.2) is 9.97 Å². The predicted molar refractivity (Wildman–Crippen MR) is 45.8 cm³/mol. The summed E-state index contributed by atoms with van der Waals surface area (Å²) in [6.45, 7) is 3.77. The lowest BCUT2D eigenvalue weighted by Gasteiger charge is -2.08. The molecule has 5 heteroatoms. The van der Waals surface area contributed by atoms with Gasteiger partial charge in [0.2, 0.25) is 5.82 Å². The molecule has 1 N–H and O–H groups in total. The summed E-state index contributed by atoms with van der Waals surface area (Å²) >= 11 is 5.43. The van der Waals surface area contributed by atoms with E-state index < -0.39 is 5.82 Å². The van der Waals surface area contributed by atoms with Crippen molar-refractivity contribution in [2.45, 2.75) is 19.9 Å². The van der Waals surface area contributed by atoms with E-state index in [0.29, 0.717) is 0 Å². The molecule has 12 heavy (non-hydrogen) atoms. The van der Waals surface area contributed by atoms with Gasteiger partial charge in [0.05, 0.1) is 0 Å². The van der Waals surface area contributed by atoms with Crippen molar-refractivity contribution in [3.63, 3.8) is 0 Å². The monoisotopic (exact) mass is 189 g/mol. The van der Waals surface area contributed by atoms with Crippen molar-refractivity contribution in [1.82, 2.24) is 9.97 Å². The molecule has 0 saturated carbocycles. The van der Waals surface area contributed by atoms with Gasteiger partial charge < -0.3 is 5.32 Å². The van der Waals surface area contributed by atoms with Crippen LogP contribution in [0.1, 0.15) is 13.8 Å². The first kappa shape index (κ1) is 9.19. The van der Waals surface area contributed by atoms with Crippen LogP contribution >= 0.6 is 11.6 Å². The number of hydrogen-bond acceptors (Lipinski definition) is 3. The van der Waals surface area contributed by atoms with Gasteiger partial charge in [-0.05, 0) is 13.8 Å². The summed E-state index contributed by atoms with van der Waals surface area (Å²) in [5.41, 5.74) is 0. The third-order valence-electron chi connectivity index (χ3n) is 1.17. The van der Waals surface area contributed by atoms with Crippen LogP contribution in [0.4, 0.5) is 10.2 Å². The summed E-state index contributed by atoms with van der Waals surface area (Å²) in [5.74, 6) is -0.460. The molecule has 0 spiro atoms. The highest BCUT2D eigenvalue weighted by atomic mass is 35.5. The Balaban J connectivity index is 2.92. The molecule has 0 bridgehead atoms. The largest absolute Gasteiger partial charge is 0.365 e. The molecule has 1 aromatic heterocycles. The summed E-state index contributed by atoms with van der Waals surface area (Å²) in [7, 11) is 0. The second-order valence-electron chi connectivity index (χ2n) is 2.63. The number of nitrogens with zero attached hydrogens (tertiary/aromatic N) is 2. The highest BCUT2D eigenvalue weighted by Gasteiger charge is 2.08. The molecule has 0 radical (unpaired) electrons. The number of aromatic nitrogens is 2. The fourth-order valence-corrected chi connectivity index (χ4v) is 0.856. The average Bonchev–Trinajstić information content (AvgIpc) is 1.98. The second-order valence-corrected chi connectivity index (χ2v) is 2.98. The third-order valence-corrected chi connectivity index (χ3v) is 1.44. The van der Waals surface area contributed by atoms with Crippen molar-refractivity contribution in [1.29, 1.82) is 0 Å². The highest BCUT2D eigenvalue weighted by Crippen LogP contribution is 2.17. The van der Waals surface area contributed by atoms with Crippen molar-refractivity contribution in [3.05, 3.63) is 17.3 Å². The fourth-order valence-electron chi connectivity index (χ4n) is 0.722. The summed E-state index contributed by atoms with van der Waals surface area (Å²) in [6, 6.07) is 0.116. The van der Waals surface area contributed by atoms with Crippen LogP contribution in [-0.4, -0.2) is 16.0 Å². The fraction of sp³-hybridized carbons (Fsp3) is 0.429. The Morgan fingerprint density at radius 3 is 2.75 bits per heavy atom. The van der Waals surface area contributed by atoms with Gasteiger partial charge in [0, 0.05) is 6.04 Å². The van der Waals surface area contributed by atoms with E-state index in [9.17, 15) is 4.39 Å². The molecule has 0 aliphatic heterocycles. The molecule has 3 nitrogen and oxygen atoms in total. The Bertz CT molecular complexity index is 277. The lowest BCUT2D eigenvalue weighted by molar-refractivity contribution is 0.614. The SMILES string of the molecule is CC(C)Nc1ncnc(Cl)c1F. The van der Waals surface area contributed by atoms with Crippen molar-refractivity contribution in [3.8, 4) is 0 Å². The van der Waals surface area contributed by atoms with Crippen molar-refractivity contribution >= 4 is 17.4 Å². The topological polar surface area (TPSA) is 37.8 Å². The van der Waals surface area contributed by atoms with Crippen LogP contribution in [0.2, 0.25) is 5.15 Å². The smallest absolute Gasteiger partial charge is 0.202 e. The van der Waals surface area contributed by atoms with Crippen molar-refractivity contribution < 1.29 is 4.39 Å². The van der Waals surface area contributed by atoms with Gasteiger partial charge >= 0.3 is 0 Å². The normalized spacial score (nSPS) is 10.4. The van der Waals surface area contributed by atoms with Gasteiger partial charge in [0.25, 0.3) is 0 Å². The van der Waals surface area contributed by atoms with Crippen LogP contribution in [0.5, 0.6) is 0 Å². The number of anilines is 1. The zero-order valence-electron chi connectivity index (χ0n) is 6.81. The maximum Gasteiger partial charge on any atom is 0.202 e. The lowest BCUT2D eigenvalue weighted by Crippen LogP contribution is -2.12. The predicted octanol–water partition coefficient (Wildman–Crippen LogP) is 2.09. The van der Waals surface area contributed by atoms with Gasteiger partial charge in [-0.1, -0.05) is 11.6 Å². The number of halogens is 2. The first-order valence-corrected chi connectivity index (χ1v) is 3.91. The van der Waals surface area contributed by atoms with Crippen LogP contribution < -0.4 is 5.32 Å². The molecule has 1 heterocycles. The van der Waals surface area contributed by atoms with Crippen molar-refractivity contribution in [2.24, 2.45) is 0 Å². The van der Waals surface area contributed by atoms with E-state index in [0.717, 1.165) is 0 Å². The van der Waals surface area contributed by atoms with Crippen LogP contribution in [0.15, 0.2) is 6.33 Å². The minimum Gasteiger partial charge on any atom is -0.365 e. The average molecular weight is 190 g/mol. The molecule has 0 amide bonds. The van der Waals surface area contributed by atoms with Gasteiger partial charge in [-0.2, -0.15) is 4.39 Å². The number of hydrogen-bond donors (Lipinski definition) is 1. The van der Waals surface area contributed by atoms with E-state index in [1.807, 2.05) is 13.8 Å². The molecule has 1 aromatic rings. The number of rotatable bonds is 2. The summed E-state index contributed by atoms with van der Waals surface area (Å²) in [4.78, 5) is 7.18. The standard InChI is InChI=1S/C7H9ClFN3/c1-4(2)12-7-5(9)6(8)10-3-11-7/h3-4H,1-2H3,(H,10,11,12). The Labute approximate surface area is 75.0 Å². The third kappa shape index (κ3) is 2.04. The Hall–Kier alpha value is -0.900. The summed E-state index contributed by atoms with van der Waals surface area (Å²) < 4.78 is 13.0. The molecule has 0 aliphatic rings. The molecule has 0 aliphatic carbocycles. The Kier molecular flexibility index (Phi) is 2.81. The molecular weight excluding hydrogens is 181 g/mol. The van der Waals surface area contributed by atoms with E-state index in [2.05, 4.69) is 15.3 Å². The van der Waals surface area contributed by atoms with Gasteiger partial charge in [-0.15, -0.1) is 0 Å². The molecule has 0 aromatic carbocycles. The maximum atomic E-state index is 13.0. The van der Waals surface area contributed by atoms with Crippen LogP contribution in [0.3, 0.4) is 0 Å². The maximum absolute atomic E-state index is 13.0. The van der Waals surface area contributed by atoms with E-state index in [1.54, 1.807) is 0 Å². The molecule has 0 saturated heterocycles. The zero-order chi connectivity index (χ0) is 9.14. The van der Waals surface area contributed by atoms with Crippen LogP contribution in [-0.2, 0) is 0 Å². The first-order chi connectivity index (χ1) is 5.61. The second kappa shape index (κ2) is 3.67. The van der Waals surface area contributed by atoms with Gasteiger partial charge in [-0.3, -0.25) is 0 Å².